The van der Waals surface area contributed by atoms with Crippen molar-refractivity contribution in [3.8, 4) is 11.5 Å². The zero-order valence-electron chi connectivity index (χ0n) is 21.4. The predicted molar refractivity (Wildman–Crippen MR) is 147 cm³/mol. The van der Waals surface area contributed by atoms with E-state index in [2.05, 4.69) is 31.0 Å². The number of hydrogen-bond donors (Lipinski definition) is 0. The number of ketones is 1. The lowest BCUT2D eigenvalue weighted by Crippen LogP contribution is -2.22. The van der Waals surface area contributed by atoms with Crippen LogP contribution >= 0.6 is 0 Å². The van der Waals surface area contributed by atoms with Gasteiger partial charge in [-0.2, -0.15) is 0 Å². The summed E-state index contributed by atoms with van der Waals surface area (Å²) < 4.78 is 10.7. The average Bonchev–Trinajstić information content (AvgIpc) is 2.94. The van der Waals surface area contributed by atoms with E-state index < -0.39 is 5.97 Å². The second-order valence-corrected chi connectivity index (χ2v) is 9.10. The minimum absolute atomic E-state index is 0.0108. The van der Waals surface area contributed by atoms with E-state index in [0.29, 0.717) is 28.5 Å². The predicted octanol–water partition coefficient (Wildman–Crippen LogP) is 6.58. The fraction of sp³-hybridized carbons (Fsp3) is 0.188. The van der Waals surface area contributed by atoms with Crippen molar-refractivity contribution in [2.45, 2.75) is 19.3 Å². The third-order valence-corrected chi connectivity index (χ3v) is 6.37. The van der Waals surface area contributed by atoms with Gasteiger partial charge in [0.2, 0.25) is 0 Å². The summed E-state index contributed by atoms with van der Waals surface area (Å²) in [6.07, 6.45) is 0.264. The zero-order valence-corrected chi connectivity index (χ0v) is 21.4. The number of carbonyl (C=O) groups excluding carboxylic acids is 2. The number of carbonyl (C=O) groups is 2. The number of rotatable bonds is 10. The highest BCUT2D eigenvalue weighted by Crippen LogP contribution is 2.22. The smallest absolute Gasteiger partial charge is 0.343 e. The van der Waals surface area contributed by atoms with Gasteiger partial charge in [0.05, 0.1) is 12.7 Å². The van der Waals surface area contributed by atoms with Crippen LogP contribution in [0, 0.1) is 0 Å². The molecule has 0 spiro atoms. The molecule has 0 heterocycles. The number of esters is 1. The Labute approximate surface area is 218 Å². The molecule has 0 N–H and O–H groups in total. The van der Waals surface area contributed by atoms with Crippen LogP contribution < -0.4 is 14.4 Å². The lowest BCUT2D eigenvalue weighted by molar-refractivity contribution is 0.0734. The summed E-state index contributed by atoms with van der Waals surface area (Å²) in [6, 6.07) is 31.9. The highest BCUT2D eigenvalue weighted by Gasteiger charge is 2.13. The van der Waals surface area contributed by atoms with Crippen molar-refractivity contribution in [3.63, 3.8) is 0 Å². The summed E-state index contributed by atoms with van der Waals surface area (Å²) in [5.41, 5.74) is 4.29. The van der Waals surface area contributed by atoms with Crippen molar-refractivity contribution >= 4 is 17.4 Å². The molecule has 0 aliphatic heterocycles. The minimum atomic E-state index is -0.414. The molecule has 1 unspecified atom stereocenters. The Kier molecular flexibility index (Phi) is 8.37. The largest absolute Gasteiger partial charge is 0.497 e. The molecular formula is C32H31NO4. The number of ether oxygens (including phenoxy) is 2. The molecule has 0 fully saturated rings. The van der Waals surface area contributed by atoms with Crippen molar-refractivity contribution in [2.24, 2.45) is 0 Å². The summed E-state index contributed by atoms with van der Waals surface area (Å²) in [5.74, 6) is 1.04. The maximum absolute atomic E-state index is 12.7. The van der Waals surface area contributed by atoms with Crippen LogP contribution in [0.2, 0.25) is 0 Å². The summed E-state index contributed by atoms with van der Waals surface area (Å²) >= 11 is 0. The first-order valence-corrected chi connectivity index (χ1v) is 12.3. The van der Waals surface area contributed by atoms with E-state index >= 15 is 0 Å². The van der Waals surface area contributed by atoms with Crippen molar-refractivity contribution in [1.82, 2.24) is 0 Å². The molecule has 0 amide bonds. The summed E-state index contributed by atoms with van der Waals surface area (Å²) in [5, 5.41) is 0. The molecule has 4 aromatic carbocycles. The summed E-state index contributed by atoms with van der Waals surface area (Å²) in [6.45, 7) is 3.04. The molecule has 4 rings (SSSR count). The SMILES string of the molecule is COc1ccc(C(=O)Cc2ccc(OC(=O)c3ccc(C(C)CN(C)c4ccccc4)cc3)cc2)cc1. The molecule has 1 atom stereocenters. The lowest BCUT2D eigenvalue weighted by Gasteiger charge is -2.23. The van der Waals surface area contributed by atoms with Crippen LogP contribution in [0.15, 0.2) is 103 Å². The molecule has 0 saturated carbocycles. The maximum Gasteiger partial charge on any atom is 0.343 e. The molecule has 5 nitrogen and oxygen atoms in total. The molecule has 0 aliphatic rings. The maximum atomic E-state index is 12.7. The van der Waals surface area contributed by atoms with Crippen LogP contribution in [0.3, 0.4) is 0 Å². The Morgan fingerprint density at radius 1 is 0.757 bits per heavy atom. The van der Waals surface area contributed by atoms with E-state index in [0.717, 1.165) is 17.7 Å². The van der Waals surface area contributed by atoms with Crippen LogP contribution in [0.25, 0.3) is 0 Å². The van der Waals surface area contributed by atoms with Crippen LogP contribution in [0.4, 0.5) is 5.69 Å². The van der Waals surface area contributed by atoms with Gasteiger partial charge in [-0.1, -0.05) is 49.4 Å². The monoisotopic (exact) mass is 493 g/mol. The zero-order chi connectivity index (χ0) is 26.2. The number of Topliss-reactive ketones (excluding diaryl/α,β-unsaturated/α-hetero) is 1. The Bertz CT molecular complexity index is 1310. The molecule has 4 aromatic rings. The van der Waals surface area contributed by atoms with E-state index in [-0.39, 0.29) is 12.2 Å². The average molecular weight is 494 g/mol. The number of benzene rings is 4. The number of anilines is 1. The van der Waals surface area contributed by atoms with Crippen molar-refractivity contribution in [1.29, 1.82) is 0 Å². The molecule has 0 bridgehead atoms. The third-order valence-electron chi connectivity index (χ3n) is 6.37. The van der Waals surface area contributed by atoms with Crippen molar-refractivity contribution < 1.29 is 19.1 Å². The first kappa shape index (κ1) is 25.7. The van der Waals surface area contributed by atoms with Gasteiger partial charge in [0.25, 0.3) is 0 Å². The van der Waals surface area contributed by atoms with Crippen LogP contribution in [-0.2, 0) is 6.42 Å². The van der Waals surface area contributed by atoms with Gasteiger partial charge < -0.3 is 14.4 Å². The fourth-order valence-corrected chi connectivity index (χ4v) is 4.16. The Balaban J connectivity index is 1.31. The third kappa shape index (κ3) is 6.85. The Morgan fingerprint density at radius 2 is 1.35 bits per heavy atom. The Morgan fingerprint density at radius 3 is 1.97 bits per heavy atom. The molecule has 0 aliphatic carbocycles. The van der Waals surface area contributed by atoms with Crippen molar-refractivity contribution in [2.75, 3.05) is 25.6 Å². The summed E-state index contributed by atoms with van der Waals surface area (Å²) in [4.78, 5) is 27.4. The molecular weight excluding hydrogens is 462 g/mol. The van der Waals surface area contributed by atoms with E-state index in [1.807, 2.05) is 30.3 Å². The first-order chi connectivity index (χ1) is 17.9. The van der Waals surface area contributed by atoms with E-state index in [4.69, 9.17) is 9.47 Å². The molecule has 0 saturated heterocycles. The van der Waals surface area contributed by atoms with Crippen molar-refractivity contribution in [3.05, 3.63) is 125 Å². The number of methoxy groups -OCH3 is 1. The second-order valence-electron chi connectivity index (χ2n) is 9.10. The van der Waals surface area contributed by atoms with Gasteiger partial charge in [-0.3, -0.25) is 4.79 Å². The van der Waals surface area contributed by atoms with Gasteiger partial charge >= 0.3 is 5.97 Å². The van der Waals surface area contributed by atoms with Crippen LogP contribution in [0.1, 0.15) is 44.7 Å². The van der Waals surface area contributed by atoms with Gasteiger partial charge in [0.15, 0.2) is 5.78 Å². The second kappa shape index (κ2) is 12.0. The molecule has 0 aromatic heterocycles. The first-order valence-electron chi connectivity index (χ1n) is 12.3. The van der Waals surface area contributed by atoms with E-state index in [1.54, 1.807) is 67.8 Å². The number of likely N-dealkylation sites (N-methyl/N-ethyl adjacent to an activating group) is 1. The highest BCUT2D eigenvalue weighted by atomic mass is 16.5. The molecule has 37 heavy (non-hydrogen) atoms. The molecule has 5 heteroatoms. The number of para-hydroxylation sites is 1. The topological polar surface area (TPSA) is 55.8 Å². The lowest BCUT2D eigenvalue weighted by atomic mass is 9.99. The minimum Gasteiger partial charge on any atom is -0.497 e. The fourth-order valence-electron chi connectivity index (χ4n) is 4.16. The van der Waals surface area contributed by atoms with Gasteiger partial charge in [-0.25, -0.2) is 4.79 Å². The molecule has 0 radical (unpaired) electrons. The van der Waals surface area contributed by atoms with Crippen LogP contribution in [-0.4, -0.2) is 32.5 Å². The quantitative estimate of drug-likeness (QED) is 0.142. The van der Waals surface area contributed by atoms with E-state index in [9.17, 15) is 9.59 Å². The number of hydrogen-bond acceptors (Lipinski definition) is 5. The Hall–Kier alpha value is -4.38. The normalized spacial score (nSPS) is 11.4. The summed E-state index contributed by atoms with van der Waals surface area (Å²) in [7, 11) is 3.67. The highest BCUT2D eigenvalue weighted by molar-refractivity contribution is 5.97. The van der Waals surface area contributed by atoms with E-state index in [1.165, 1.54) is 5.69 Å². The van der Waals surface area contributed by atoms with Crippen LogP contribution in [0.5, 0.6) is 11.5 Å². The standard InChI is InChI=1S/C32H31NO4/c1-23(22-33(2)28-7-5-4-6-8-28)25-11-13-27(14-12-25)32(35)37-30-17-9-24(10-18-30)21-31(34)26-15-19-29(36-3)20-16-26/h4-20,23H,21-22H2,1-3H3. The van der Waals surface area contributed by atoms with Gasteiger partial charge in [0.1, 0.15) is 11.5 Å². The number of nitrogens with zero attached hydrogens (tertiary/aromatic N) is 1. The van der Waals surface area contributed by atoms with Gasteiger partial charge in [-0.05, 0) is 77.7 Å². The van der Waals surface area contributed by atoms with Gasteiger partial charge in [-0.15, -0.1) is 0 Å². The molecule has 188 valence electrons. The van der Waals surface area contributed by atoms with Gasteiger partial charge in [0, 0.05) is 31.3 Å².